The van der Waals surface area contributed by atoms with Gasteiger partial charge in [0.05, 0.1) is 0 Å². The first-order valence-corrected chi connectivity index (χ1v) is 9.82. The number of hydrogen-bond acceptors (Lipinski definition) is 5. The van der Waals surface area contributed by atoms with Crippen molar-refractivity contribution in [3.63, 3.8) is 0 Å². The van der Waals surface area contributed by atoms with E-state index in [4.69, 9.17) is 4.52 Å². The lowest BCUT2D eigenvalue weighted by molar-refractivity contribution is -0.121. The van der Waals surface area contributed by atoms with Crippen molar-refractivity contribution in [1.29, 1.82) is 0 Å². The Kier molecular flexibility index (Phi) is 5.83. The van der Waals surface area contributed by atoms with Crippen LogP contribution in [0.3, 0.4) is 0 Å². The van der Waals surface area contributed by atoms with Crippen LogP contribution < -0.4 is 10.6 Å². The second kappa shape index (κ2) is 8.86. The molecule has 1 aliphatic rings. The molecule has 1 fully saturated rings. The minimum Gasteiger partial charge on any atom is -0.352 e. The van der Waals surface area contributed by atoms with E-state index >= 15 is 0 Å². The molecule has 2 N–H and O–H groups in total. The molecule has 7 nitrogen and oxygen atoms in total. The van der Waals surface area contributed by atoms with Crippen LogP contribution in [0.2, 0.25) is 0 Å². The summed E-state index contributed by atoms with van der Waals surface area (Å²) in [6.07, 6.45) is 2.40. The van der Waals surface area contributed by atoms with Gasteiger partial charge in [-0.3, -0.25) is 9.59 Å². The zero-order valence-electron chi connectivity index (χ0n) is 16.2. The van der Waals surface area contributed by atoms with Crippen LogP contribution in [0.5, 0.6) is 0 Å². The largest absolute Gasteiger partial charge is 0.352 e. The average molecular weight is 408 g/mol. The summed E-state index contributed by atoms with van der Waals surface area (Å²) in [4.78, 5) is 28.3. The molecule has 0 atom stereocenters. The number of hydrogen-bond donors (Lipinski definition) is 2. The van der Waals surface area contributed by atoms with E-state index in [1.165, 1.54) is 12.1 Å². The molecule has 2 aromatic carbocycles. The molecule has 8 heteroatoms. The lowest BCUT2D eigenvalue weighted by atomic mass is 10.2. The molecule has 0 bridgehead atoms. The lowest BCUT2D eigenvalue weighted by Crippen LogP contribution is -2.23. The maximum Gasteiger partial charge on any atom is 0.227 e. The number of aromatic nitrogens is 2. The lowest BCUT2D eigenvalue weighted by Gasteiger charge is -2.08. The molecule has 154 valence electrons. The molecule has 1 aromatic heterocycles. The van der Waals surface area contributed by atoms with Crippen LogP contribution >= 0.6 is 0 Å². The van der Waals surface area contributed by atoms with E-state index in [9.17, 15) is 14.0 Å². The van der Waals surface area contributed by atoms with Gasteiger partial charge in [-0.2, -0.15) is 4.98 Å². The first kappa shape index (κ1) is 19.8. The molecule has 3 aromatic rings. The summed E-state index contributed by atoms with van der Waals surface area (Å²) in [5.41, 5.74) is 2.27. The number of carbonyl (C=O) groups excluding carboxylic acids is 2. The van der Waals surface area contributed by atoms with Crippen molar-refractivity contribution in [2.75, 3.05) is 5.32 Å². The van der Waals surface area contributed by atoms with Gasteiger partial charge in [0.1, 0.15) is 5.82 Å². The highest BCUT2D eigenvalue weighted by Gasteiger charge is 2.29. The summed E-state index contributed by atoms with van der Waals surface area (Å²) in [5.74, 6) is 0.404. The van der Waals surface area contributed by atoms with Gasteiger partial charge in [0.25, 0.3) is 0 Å². The van der Waals surface area contributed by atoms with Crippen molar-refractivity contribution in [2.45, 2.75) is 32.2 Å². The molecule has 1 aliphatic carbocycles. The molecule has 0 radical (unpaired) electrons. The molecule has 0 spiro atoms. The molecule has 0 aliphatic heterocycles. The third-order valence-corrected chi connectivity index (χ3v) is 4.77. The number of anilines is 1. The molecule has 30 heavy (non-hydrogen) atoms. The van der Waals surface area contributed by atoms with E-state index in [2.05, 4.69) is 20.8 Å². The van der Waals surface area contributed by atoms with E-state index in [0.717, 1.165) is 24.1 Å². The smallest absolute Gasteiger partial charge is 0.227 e. The minimum atomic E-state index is -0.338. The fraction of sp³-hybridized carbons (Fsp3) is 0.273. The standard InChI is InChI=1S/C22H21FN4O3/c23-17-8-6-15(7-9-17)21-26-20(30-27-21)11-10-19(28)24-13-14-2-1-3-18(12-14)25-22(29)16-4-5-16/h1-3,6-9,12,16H,4-5,10-11,13H2,(H,24,28)(H,25,29). The zero-order valence-corrected chi connectivity index (χ0v) is 16.2. The number of nitrogens with zero attached hydrogens (tertiary/aromatic N) is 2. The van der Waals surface area contributed by atoms with Gasteiger partial charge < -0.3 is 15.2 Å². The van der Waals surface area contributed by atoms with Gasteiger partial charge >= 0.3 is 0 Å². The van der Waals surface area contributed by atoms with Crippen LogP contribution in [0.1, 0.15) is 30.7 Å². The van der Waals surface area contributed by atoms with Gasteiger partial charge in [-0.25, -0.2) is 4.39 Å². The van der Waals surface area contributed by atoms with Crippen molar-refractivity contribution >= 4 is 17.5 Å². The molecule has 2 amide bonds. The van der Waals surface area contributed by atoms with Crippen LogP contribution in [-0.2, 0) is 22.6 Å². The highest BCUT2D eigenvalue weighted by molar-refractivity contribution is 5.94. The Hall–Kier alpha value is -3.55. The number of carbonyl (C=O) groups is 2. The number of amides is 2. The number of benzene rings is 2. The summed E-state index contributed by atoms with van der Waals surface area (Å²) in [6, 6.07) is 13.2. The van der Waals surface area contributed by atoms with E-state index < -0.39 is 0 Å². The topological polar surface area (TPSA) is 97.1 Å². The van der Waals surface area contributed by atoms with E-state index in [0.29, 0.717) is 30.2 Å². The van der Waals surface area contributed by atoms with Crippen molar-refractivity contribution in [3.05, 3.63) is 65.8 Å². The van der Waals surface area contributed by atoms with Gasteiger partial charge in [-0.1, -0.05) is 17.3 Å². The molecule has 4 rings (SSSR count). The van der Waals surface area contributed by atoms with Crippen molar-refractivity contribution in [2.24, 2.45) is 5.92 Å². The summed E-state index contributed by atoms with van der Waals surface area (Å²) in [7, 11) is 0. The van der Waals surface area contributed by atoms with Crippen LogP contribution in [0, 0.1) is 11.7 Å². The maximum atomic E-state index is 13.0. The fourth-order valence-corrected chi connectivity index (χ4v) is 2.93. The maximum absolute atomic E-state index is 13.0. The Balaban J connectivity index is 1.24. The molecule has 1 saturated carbocycles. The second-order valence-electron chi connectivity index (χ2n) is 7.26. The number of nitrogens with one attached hydrogen (secondary N) is 2. The van der Waals surface area contributed by atoms with Crippen molar-refractivity contribution in [3.8, 4) is 11.4 Å². The molecule has 0 saturated heterocycles. The summed E-state index contributed by atoms with van der Waals surface area (Å²) in [6.45, 7) is 0.358. The Morgan fingerprint density at radius 3 is 2.70 bits per heavy atom. The van der Waals surface area contributed by atoms with Gasteiger partial charge in [0.15, 0.2) is 0 Å². The average Bonchev–Trinajstić information content (AvgIpc) is 3.50. The van der Waals surface area contributed by atoms with Crippen LogP contribution in [0.25, 0.3) is 11.4 Å². The number of aryl methyl sites for hydroxylation is 1. The minimum absolute atomic E-state index is 0.0516. The predicted octanol–water partition coefficient (Wildman–Crippen LogP) is 3.47. The van der Waals surface area contributed by atoms with E-state index in [-0.39, 0.29) is 30.0 Å². The Bertz CT molecular complexity index is 1040. The van der Waals surface area contributed by atoms with Gasteiger partial charge in [-0.05, 0) is 54.8 Å². The first-order chi connectivity index (χ1) is 14.6. The van der Waals surface area contributed by atoms with Crippen molar-refractivity contribution in [1.82, 2.24) is 15.5 Å². The fourth-order valence-electron chi connectivity index (χ4n) is 2.93. The number of rotatable bonds is 8. The zero-order chi connectivity index (χ0) is 20.9. The monoisotopic (exact) mass is 408 g/mol. The quantitative estimate of drug-likeness (QED) is 0.595. The third-order valence-electron chi connectivity index (χ3n) is 4.77. The van der Waals surface area contributed by atoms with Crippen LogP contribution in [0.4, 0.5) is 10.1 Å². The Morgan fingerprint density at radius 1 is 1.13 bits per heavy atom. The summed E-state index contributed by atoms with van der Waals surface area (Å²) >= 11 is 0. The SMILES string of the molecule is O=C(CCc1nc(-c2ccc(F)cc2)no1)NCc1cccc(NC(=O)C2CC2)c1. The van der Waals surface area contributed by atoms with E-state index in [1.54, 1.807) is 12.1 Å². The summed E-state index contributed by atoms with van der Waals surface area (Å²) < 4.78 is 18.2. The van der Waals surface area contributed by atoms with Crippen molar-refractivity contribution < 1.29 is 18.5 Å². The van der Waals surface area contributed by atoms with Gasteiger partial charge in [0.2, 0.25) is 23.5 Å². The normalized spacial score (nSPS) is 13.1. The van der Waals surface area contributed by atoms with E-state index in [1.807, 2.05) is 24.3 Å². The highest BCUT2D eigenvalue weighted by Crippen LogP contribution is 2.30. The van der Waals surface area contributed by atoms with Crippen LogP contribution in [-0.4, -0.2) is 22.0 Å². The Labute approximate surface area is 172 Å². The number of halogens is 1. The first-order valence-electron chi connectivity index (χ1n) is 9.82. The van der Waals surface area contributed by atoms with Crippen LogP contribution in [0.15, 0.2) is 53.1 Å². The Morgan fingerprint density at radius 2 is 1.93 bits per heavy atom. The molecular weight excluding hydrogens is 387 g/mol. The molecule has 1 heterocycles. The summed E-state index contributed by atoms with van der Waals surface area (Å²) in [5, 5.41) is 9.61. The van der Waals surface area contributed by atoms with Gasteiger partial charge in [0, 0.05) is 36.6 Å². The highest BCUT2D eigenvalue weighted by atomic mass is 19.1. The third kappa shape index (κ3) is 5.28. The molecule has 0 unspecified atom stereocenters. The van der Waals surface area contributed by atoms with Gasteiger partial charge in [-0.15, -0.1) is 0 Å². The molecular formula is C22H21FN4O3. The predicted molar refractivity (Wildman–Crippen MR) is 108 cm³/mol. The second-order valence-corrected chi connectivity index (χ2v) is 7.26.